The van der Waals surface area contributed by atoms with Crippen molar-refractivity contribution in [2.75, 3.05) is 33.2 Å². The SMILES string of the molecule is CN1CCCC1CNC(=O)CNCC1CC1. The van der Waals surface area contributed by atoms with Crippen molar-refractivity contribution in [3.8, 4) is 0 Å². The van der Waals surface area contributed by atoms with Gasteiger partial charge in [0.25, 0.3) is 0 Å². The molecule has 1 aliphatic heterocycles. The molecule has 0 bridgehead atoms. The molecule has 92 valence electrons. The molecule has 1 saturated heterocycles. The highest BCUT2D eigenvalue weighted by molar-refractivity contribution is 5.78. The van der Waals surface area contributed by atoms with E-state index in [0.717, 1.165) is 19.0 Å². The molecule has 2 fully saturated rings. The maximum Gasteiger partial charge on any atom is 0.234 e. The Kier molecular flexibility index (Phi) is 4.18. The van der Waals surface area contributed by atoms with Gasteiger partial charge in [-0.05, 0) is 51.7 Å². The predicted molar refractivity (Wildman–Crippen MR) is 64.3 cm³/mol. The first kappa shape index (κ1) is 11.9. The number of nitrogens with one attached hydrogen (secondary N) is 2. The first-order valence-electron chi connectivity index (χ1n) is 6.43. The highest BCUT2D eigenvalue weighted by Gasteiger charge is 2.22. The minimum atomic E-state index is 0.140. The molecule has 1 amide bonds. The Morgan fingerprint density at radius 3 is 2.75 bits per heavy atom. The van der Waals surface area contributed by atoms with Crippen LogP contribution in [-0.4, -0.2) is 50.1 Å². The summed E-state index contributed by atoms with van der Waals surface area (Å²) in [6.07, 6.45) is 5.15. The van der Waals surface area contributed by atoms with E-state index in [1.54, 1.807) is 0 Å². The molecule has 0 radical (unpaired) electrons. The van der Waals surface area contributed by atoms with Gasteiger partial charge in [-0.25, -0.2) is 0 Å². The first-order valence-corrected chi connectivity index (χ1v) is 6.43. The molecule has 0 aromatic rings. The minimum Gasteiger partial charge on any atom is -0.353 e. The van der Waals surface area contributed by atoms with Gasteiger partial charge in [0, 0.05) is 12.6 Å². The van der Waals surface area contributed by atoms with Crippen LogP contribution in [0.5, 0.6) is 0 Å². The third-order valence-corrected chi connectivity index (χ3v) is 3.62. The summed E-state index contributed by atoms with van der Waals surface area (Å²) < 4.78 is 0. The number of nitrogens with zero attached hydrogens (tertiary/aromatic N) is 1. The smallest absolute Gasteiger partial charge is 0.234 e. The topological polar surface area (TPSA) is 44.4 Å². The van der Waals surface area contributed by atoms with Crippen LogP contribution in [0.1, 0.15) is 25.7 Å². The lowest BCUT2D eigenvalue weighted by atomic mass is 10.2. The molecule has 1 saturated carbocycles. The van der Waals surface area contributed by atoms with Crippen molar-refractivity contribution in [3.63, 3.8) is 0 Å². The third kappa shape index (κ3) is 3.76. The molecule has 4 heteroatoms. The van der Waals surface area contributed by atoms with E-state index in [9.17, 15) is 4.79 Å². The van der Waals surface area contributed by atoms with Gasteiger partial charge in [0.2, 0.25) is 5.91 Å². The van der Waals surface area contributed by atoms with Gasteiger partial charge in [0.05, 0.1) is 6.54 Å². The lowest BCUT2D eigenvalue weighted by Gasteiger charge is -2.19. The Hall–Kier alpha value is -0.610. The van der Waals surface area contributed by atoms with Crippen LogP contribution >= 0.6 is 0 Å². The summed E-state index contributed by atoms with van der Waals surface area (Å²) in [6.45, 7) is 3.46. The molecule has 0 spiro atoms. The standard InChI is InChI=1S/C12H23N3O/c1-15-6-2-3-11(15)8-14-12(16)9-13-7-10-4-5-10/h10-11,13H,2-9H2,1H3,(H,14,16). The van der Waals surface area contributed by atoms with E-state index in [2.05, 4.69) is 22.6 Å². The summed E-state index contributed by atoms with van der Waals surface area (Å²) in [7, 11) is 2.13. The Morgan fingerprint density at radius 1 is 1.31 bits per heavy atom. The predicted octanol–water partition coefficient (Wildman–Crippen LogP) is 0.196. The van der Waals surface area contributed by atoms with E-state index in [1.165, 1.54) is 32.2 Å². The number of likely N-dealkylation sites (N-methyl/N-ethyl adjacent to an activating group) is 1. The van der Waals surface area contributed by atoms with Crippen molar-refractivity contribution >= 4 is 5.91 Å². The molecule has 2 aliphatic rings. The van der Waals surface area contributed by atoms with Crippen LogP contribution in [0.2, 0.25) is 0 Å². The summed E-state index contributed by atoms with van der Waals surface area (Å²) in [5.74, 6) is 0.981. The van der Waals surface area contributed by atoms with Crippen molar-refractivity contribution in [1.29, 1.82) is 0 Å². The number of hydrogen-bond acceptors (Lipinski definition) is 3. The lowest BCUT2D eigenvalue weighted by Crippen LogP contribution is -2.41. The van der Waals surface area contributed by atoms with Crippen molar-refractivity contribution in [2.24, 2.45) is 5.92 Å². The van der Waals surface area contributed by atoms with Crippen LogP contribution in [0.25, 0.3) is 0 Å². The second kappa shape index (κ2) is 5.64. The number of rotatable bonds is 6. The molecule has 1 aliphatic carbocycles. The summed E-state index contributed by atoms with van der Waals surface area (Å²) in [5, 5.41) is 6.21. The Balaban J connectivity index is 1.52. The summed E-state index contributed by atoms with van der Waals surface area (Å²) in [4.78, 5) is 13.8. The monoisotopic (exact) mass is 225 g/mol. The first-order chi connectivity index (χ1) is 7.75. The quantitative estimate of drug-likeness (QED) is 0.678. The van der Waals surface area contributed by atoms with Crippen LogP contribution < -0.4 is 10.6 Å². The number of amides is 1. The van der Waals surface area contributed by atoms with Gasteiger partial charge >= 0.3 is 0 Å². The van der Waals surface area contributed by atoms with Crippen molar-refractivity contribution in [3.05, 3.63) is 0 Å². The van der Waals surface area contributed by atoms with Gasteiger partial charge in [-0.3, -0.25) is 4.79 Å². The average Bonchev–Trinajstić information content (AvgIpc) is 2.99. The maximum atomic E-state index is 11.5. The van der Waals surface area contributed by atoms with Crippen LogP contribution in [0.3, 0.4) is 0 Å². The lowest BCUT2D eigenvalue weighted by molar-refractivity contribution is -0.120. The van der Waals surface area contributed by atoms with E-state index in [-0.39, 0.29) is 5.91 Å². The van der Waals surface area contributed by atoms with E-state index in [4.69, 9.17) is 0 Å². The molecule has 2 rings (SSSR count). The molecule has 4 nitrogen and oxygen atoms in total. The highest BCUT2D eigenvalue weighted by atomic mass is 16.1. The van der Waals surface area contributed by atoms with E-state index in [0.29, 0.717) is 12.6 Å². The summed E-state index contributed by atoms with van der Waals surface area (Å²) >= 11 is 0. The molecule has 1 unspecified atom stereocenters. The zero-order chi connectivity index (χ0) is 11.4. The molecule has 1 atom stereocenters. The summed E-state index contributed by atoms with van der Waals surface area (Å²) in [5.41, 5.74) is 0. The van der Waals surface area contributed by atoms with Gasteiger partial charge in [-0.15, -0.1) is 0 Å². The molecule has 16 heavy (non-hydrogen) atoms. The van der Waals surface area contributed by atoms with Gasteiger partial charge in [0.1, 0.15) is 0 Å². The van der Waals surface area contributed by atoms with Crippen LogP contribution in [0.15, 0.2) is 0 Å². The van der Waals surface area contributed by atoms with Gasteiger partial charge in [-0.1, -0.05) is 0 Å². The largest absolute Gasteiger partial charge is 0.353 e. The molecule has 0 aromatic heterocycles. The summed E-state index contributed by atoms with van der Waals surface area (Å²) in [6, 6.07) is 0.549. The van der Waals surface area contributed by atoms with Crippen LogP contribution in [0.4, 0.5) is 0 Å². The molecular formula is C12H23N3O. The second-order valence-corrected chi connectivity index (χ2v) is 5.16. The Morgan fingerprint density at radius 2 is 2.12 bits per heavy atom. The maximum absolute atomic E-state index is 11.5. The molecule has 2 N–H and O–H groups in total. The van der Waals surface area contributed by atoms with Crippen molar-refractivity contribution < 1.29 is 4.79 Å². The molecule has 1 heterocycles. The zero-order valence-electron chi connectivity index (χ0n) is 10.2. The van der Waals surface area contributed by atoms with E-state index in [1.807, 2.05) is 0 Å². The Bertz CT molecular complexity index is 240. The normalized spacial score (nSPS) is 25.9. The zero-order valence-corrected chi connectivity index (χ0v) is 10.2. The number of likely N-dealkylation sites (tertiary alicyclic amines) is 1. The Labute approximate surface area is 97.8 Å². The van der Waals surface area contributed by atoms with Gasteiger partial charge in [-0.2, -0.15) is 0 Å². The van der Waals surface area contributed by atoms with E-state index < -0.39 is 0 Å². The third-order valence-electron chi connectivity index (χ3n) is 3.62. The minimum absolute atomic E-state index is 0.140. The van der Waals surface area contributed by atoms with Crippen molar-refractivity contribution in [2.45, 2.75) is 31.7 Å². The number of carbonyl (C=O) groups excluding carboxylic acids is 1. The highest BCUT2D eigenvalue weighted by Crippen LogP contribution is 2.27. The average molecular weight is 225 g/mol. The molecular weight excluding hydrogens is 202 g/mol. The van der Waals surface area contributed by atoms with Crippen LogP contribution in [0, 0.1) is 5.92 Å². The number of carbonyl (C=O) groups is 1. The second-order valence-electron chi connectivity index (χ2n) is 5.16. The molecule has 0 aromatic carbocycles. The fraction of sp³-hybridized carbons (Fsp3) is 0.917. The van der Waals surface area contributed by atoms with Crippen LogP contribution in [-0.2, 0) is 4.79 Å². The number of hydrogen-bond donors (Lipinski definition) is 2. The van der Waals surface area contributed by atoms with Gasteiger partial charge < -0.3 is 15.5 Å². The van der Waals surface area contributed by atoms with Gasteiger partial charge in [0.15, 0.2) is 0 Å². The fourth-order valence-electron chi connectivity index (χ4n) is 2.24. The van der Waals surface area contributed by atoms with E-state index >= 15 is 0 Å². The fourth-order valence-corrected chi connectivity index (χ4v) is 2.24. The van der Waals surface area contributed by atoms with Crippen molar-refractivity contribution in [1.82, 2.24) is 15.5 Å².